The first-order valence-electron chi connectivity index (χ1n) is 10.8. The lowest BCUT2D eigenvalue weighted by molar-refractivity contribution is -0.139. The normalized spacial score (nSPS) is 16.0. The number of aryl methyl sites for hydroxylation is 1. The fourth-order valence-electron chi connectivity index (χ4n) is 3.85. The Morgan fingerprint density at radius 3 is 2.31 bits per heavy atom. The summed E-state index contributed by atoms with van der Waals surface area (Å²) in [5.74, 6) is -1.40. The van der Waals surface area contributed by atoms with Gasteiger partial charge in [-0.15, -0.1) is 0 Å². The number of nitrogens with one attached hydrogen (secondary N) is 1. The van der Waals surface area contributed by atoms with Crippen LogP contribution in [-0.4, -0.2) is 41.1 Å². The highest BCUT2D eigenvalue weighted by atomic mass is 16.5. The summed E-state index contributed by atoms with van der Waals surface area (Å²) in [6.45, 7) is 2.15. The Morgan fingerprint density at radius 1 is 1.03 bits per heavy atom. The van der Waals surface area contributed by atoms with Crippen molar-refractivity contribution in [3.8, 4) is 0 Å². The maximum absolute atomic E-state index is 13.1. The summed E-state index contributed by atoms with van der Waals surface area (Å²) < 4.78 is 5.37. The average molecular weight is 437 g/mol. The third kappa shape index (κ3) is 5.75. The van der Waals surface area contributed by atoms with Gasteiger partial charge in [0.25, 0.3) is 0 Å². The summed E-state index contributed by atoms with van der Waals surface area (Å²) in [5, 5.41) is 11.9. The van der Waals surface area contributed by atoms with Crippen LogP contribution in [0.25, 0.3) is 0 Å². The highest BCUT2D eigenvalue weighted by molar-refractivity contribution is 5.95. The molecule has 0 saturated carbocycles. The lowest BCUT2D eigenvalue weighted by atomic mass is 9.92. The Kier molecular flexibility index (Phi) is 8.02. The Bertz CT molecular complexity index is 972. The number of urea groups is 1. The molecular weight excluding hydrogens is 408 g/mol. The van der Waals surface area contributed by atoms with Gasteiger partial charge in [0.1, 0.15) is 0 Å². The van der Waals surface area contributed by atoms with Crippen LogP contribution in [0.5, 0.6) is 0 Å². The molecule has 32 heavy (non-hydrogen) atoms. The number of nitrogens with zero attached hydrogens (tertiary/aromatic N) is 1. The molecule has 0 aromatic heterocycles. The van der Waals surface area contributed by atoms with E-state index in [1.807, 2.05) is 60.7 Å². The second kappa shape index (κ2) is 11.1. The van der Waals surface area contributed by atoms with Gasteiger partial charge in [0, 0.05) is 18.7 Å². The Balaban J connectivity index is 2.03. The topological polar surface area (TPSA) is 95.9 Å². The molecule has 2 aromatic rings. The smallest absolute Gasteiger partial charge is 0.338 e. The average Bonchev–Trinajstić information content (AvgIpc) is 2.79. The largest absolute Gasteiger partial charge is 0.481 e. The van der Waals surface area contributed by atoms with Crippen LogP contribution in [0, 0.1) is 0 Å². The van der Waals surface area contributed by atoms with Crippen molar-refractivity contribution in [1.29, 1.82) is 0 Å². The number of carboxylic acid groups (broad SMARTS) is 1. The molecule has 2 amide bonds. The third-order valence-electron chi connectivity index (χ3n) is 5.33. The number of benzene rings is 2. The second-order valence-corrected chi connectivity index (χ2v) is 7.51. The fourth-order valence-corrected chi connectivity index (χ4v) is 3.85. The number of ether oxygens (including phenoxy) is 1. The van der Waals surface area contributed by atoms with Crippen molar-refractivity contribution in [2.45, 2.75) is 38.6 Å². The predicted molar refractivity (Wildman–Crippen MR) is 120 cm³/mol. The van der Waals surface area contributed by atoms with Crippen molar-refractivity contribution in [2.75, 3.05) is 13.2 Å². The van der Waals surface area contributed by atoms with E-state index in [1.54, 1.807) is 6.92 Å². The van der Waals surface area contributed by atoms with E-state index in [0.29, 0.717) is 24.1 Å². The minimum atomic E-state index is -0.926. The number of aliphatic carboxylic acids is 1. The molecule has 1 aliphatic heterocycles. The first kappa shape index (κ1) is 23.1. The third-order valence-corrected chi connectivity index (χ3v) is 5.33. The van der Waals surface area contributed by atoms with Gasteiger partial charge in [0.2, 0.25) is 0 Å². The van der Waals surface area contributed by atoms with Gasteiger partial charge < -0.3 is 15.2 Å². The summed E-state index contributed by atoms with van der Waals surface area (Å²) >= 11 is 0. The monoisotopic (exact) mass is 436 g/mol. The van der Waals surface area contributed by atoms with Crippen LogP contribution in [0.4, 0.5) is 4.79 Å². The van der Waals surface area contributed by atoms with E-state index in [-0.39, 0.29) is 32.0 Å². The standard InChI is InChI=1S/C25H28N2O5/c1-2-32-24(30)22-20(16-15-18-10-5-3-6-11-18)27(17-9-14-21(28)29)25(31)26-23(22)19-12-7-4-8-13-19/h3-8,10-13,23H,2,9,14-17H2,1H3,(H,26,31)(H,28,29). The molecule has 1 heterocycles. The van der Waals surface area contributed by atoms with Gasteiger partial charge in [-0.2, -0.15) is 0 Å². The predicted octanol–water partition coefficient (Wildman–Crippen LogP) is 4.07. The maximum atomic E-state index is 13.1. The zero-order valence-corrected chi connectivity index (χ0v) is 18.1. The van der Waals surface area contributed by atoms with Crippen LogP contribution in [0.3, 0.4) is 0 Å². The number of carboxylic acids is 1. The first-order chi connectivity index (χ1) is 15.5. The van der Waals surface area contributed by atoms with Crippen molar-refractivity contribution >= 4 is 18.0 Å². The number of esters is 1. The van der Waals surface area contributed by atoms with Crippen molar-refractivity contribution in [3.63, 3.8) is 0 Å². The lowest BCUT2D eigenvalue weighted by Crippen LogP contribution is -2.49. The van der Waals surface area contributed by atoms with Gasteiger partial charge in [0.15, 0.2) is 0 Å². The molecule has 0 bridgehead atoms. The van der Waals surface area contributed by atoms with Gasteiger partial charge in [-0.25, -0.2) is 9.59 Å². The fraction of sp³-hybridized carbons (Fsp3) is 0.320. The SMILES string of the molecule is CCOC(=O)C1=C(CCc2ccccc2)N(CCCC(=O)O)C(=O)NC1c1ccccc1. The summed E-state index contributed by atoms with van der Waals surface area (Å²) in [6, 6.07) is 18.1. The van der Waals surface area contributed by atoms with E-state index in [9.17, 15) is 14.4 Å². The number of carbonyl (C=O) groups is 3. The molecule has 3 rings (SSSR count). The number of hydrogen-bond acceptors (Lipinski definition) is 4. The van der Waals surface area contributed by atoms with Crippen LogP contribution >= 0.6 is 0 Å². The van der Waals surface area contributed by atoms with E-state index in [1.165, 1.54) is 4.90 Å². The van der Waals surface area contributed by atoms with Crippen molar-refractivity contribution < 1.29 is 24.2 Å². The molecule has 0 fully saturated rings. The van der Waals surface area contributed by atoms with Crippen LogP contribution in [-0.2, 0) is 20.7 Å². The summed E-state index contributed by atoms with van der Waals surface area (Å²) in [6.07, 6.45) is 1.29. The van der Waals surface area contributed by atoms with Crippen molar-refractivity contribution in [1.82, 2.24) is 10.2 Å². The quantitative estimate of drug-likeness (QED) is 0.548. The highest BCUT2D eigenvalue weighted by Crippen LogP contribution is 2.33. The molecule has 1 unspecified atom stereocenters. The van der Waals surface area contributed by atoms with Gasteiger partial charge >= 0.3 is 18.0 Å². The van der Waals surface area contributed by atoms with Crippen molar-refractivity contribution in [2.24, 2.45) is 0 Å². The van der Waals surface area contributed by atoms with E-state index in [2.05, 4.69) is 5.32 Å². The molecule has 2 aromatic carbocycles. The number of carbonyl (C=O) groups excluding carboxylic acids is 2. The van der Waals surface area contributed by atoms with Gasteiger partial charge in [-0.1, -0.05) is 60.7 Å². The number of amides is 2. The van der Waals surface area contributed by atoms with Crippen LogP contribution in [0.2, 0.25) is 0 Å². The Hall–Kier alpha value is -3.61. The first-order valence-corrected chi connectivity index (χ1v) is 10.8. The zero-order chi connectivity index (χ0) is 22.9. The second-order valence-electron chi connectivity index (χ2n) is 7.51. The van der Waals surface area contributed by atoms with E-state index in [0.717, 1.165) is 11.1 Å². The molecule has 2 N–H and O–H groups in total. The molecule has 7 nitrogen and oxygen atoms in total. The van der Waals surface area contributed by atoms with Gasteiger partial charge in [-0.3, -0.25) is 9.69 Å². The molecule has 0 spiro atoms. The molecule has 0 aliphatic carbocycles. The Morgan fingerprint density at radius 2 is 1.69 bits per heavy atom. The Labute approximate surface area is 187 Å². The molecule has 1 atom stereocenters. The molecular formula is C25H28N2O5. The molecule has 168 valence electrons. The van der Waals surface area contributed by atoms with Crippen LogP contribution in [0.1, 0.15) is 43.4 Å². The minimum Gasteiger partial charge on any atom is -0.481 e. The summed E-state index contributed by atoms with van der Waals surface area (Å²) in [4.78, 5) is 38.7. The van der Waals surface area contributed by atoms with Gasteiger partial charge in [-0.05, 0) is 37.3 Å². The number of allylic oxidation sites excluding steroid dienone is 1. The van der Waals surface area contributed by atoms with E-state index < -0.39 is 18.0 Å². The number of hydrogen-bond donors (Lipinski definition) is 2. The molecule has 0 radical (unpaired) electrons. The van der Waals surface area contributed by atoms with E-state index >= 15 is 0 Å². The molecule has 0 saturated heterocycles. The lowest BCUT2D eigenvalue weighted by Gasteiger charge is -2.37. The summed E-state index contributed by atoms with van der Waals surface area (Å²) in [5.41, 5.74) is 2.83. The maximum Gasteiger partial charge on any atom is 0.338 e. The zero-order valence-electron chi connectivity index (χ0n) is 18.1. The highest BCUT2D eigenvalue weighted by Gasteiger charge is 2.37. The minimum absolute atomic E-state index is 0.0629. The van der Waals surface area contributed by atoms with E-state index in [4.69, 9.17) is 9.84 Å². The molecule has 7 heteroatoms. The molecule has 1 aliphatic rings. The van der Waals surface area contributed by atoms with Crippen LogP contribution in [0.15, 0.2) is 71.9 Å². The van der Waals surface area contributed by atoms with Gasteiger partial charge in [0.05, 0.1) is 18.2 Å². The van der Waals surface area contributed by atoms with Crippen molar-refractivity contribution in [3.05, 3.63) is 83.1 Å². The number of rotatable bonds is 10. The van der Waals surface area contributed by atoms with Crippen LogP contribution < -0.4 is 5.32 Å². The summed E-state index contributed by atoms with van der Waals surface area (Å²) in [7, 11) is 0.